The zero-order valence-corrected chi connectivity index (χ0v) is 14.8. The topological polar surface area (TPSA) is 48.0 Å². The van der Waals surface area contributed by atoms with Crippen LogP contribution in [-0.4, -0.2) is 12.7 Å². The zero-order valence-electron chi connectivity index (χ0n) is 14.1. The molecule has 0 radical (unpaired) electrons. The van der Waals surface area contributed by atoms with Crippen LogP contribution in [-0.2, 0) is 0 Å². The van der Waals surface area contributed by atoms with Gasteiger partial charge in [-0.2, -0.15) is 0 Å². The van der Waals surface area contributed by atoms with Gasteiger partial charge in [0.15, 0.2) is 11.5 Å². The van der Waals surface area contributed by atoms with Crippen LogP contribution in [0.2, 0.25) is 5.02 Å². The summed E-state index contributed by atoms with van der Waals surface area (Å²) in [6, 6.07) is 19.9. The van der Waals surface area contributed by atoms with E-state index < -0.39 is 6.23 Å². The highest BCUT2D eigenvalue weighted by Crippen LogP contribution is 2.45. The Morgan fingerprint density at radius 1 is 0.926 bits per heavy atom. The molecule has 27 heavy (non-hydrogen) atoms. The first-order valence-corrected chi connectivity index (χ1v) is 8.83. The third-order valence-electron chi connectivity index (χ3n) is 4.59. The van der Waals surface area contributed by atoms with Crippen LogP contribution >= 0.6 is 11.6 Å². The Bertz CT molecular complexity index is 1030. The first-order chi connectivity index (χ1) is 13.2. The molecule has 1 unspecified atom stereocenters. The number of hydrogen-bond donors (Lipinski definition) is 0. The van der Waals surface area contributed by atoms with Crippen molar-refractivity contribution in [2.75, 3.05) is 11.7 Å². The highest BCUT2D eigenvalue weighted by Gasteiger charge is 2.37. The molecule has 5 rings (SSSR count). The fourth-order valence-electron chi connectivity index (χ4n) is 3.29. The predicted octanol–water partition coefficient (Wildman–Crippen LogP) is 4.81. The lowest BCUT2D eigenvalue weighted by Gasteiger charge is -2.24. The number of amides is 1. The number of benzene rings is 3. The number of carbonyl (C=O) groups excluding carboxylic acids is 1. The van der Waals surface area contributed by atoms with Crippen LogP contribution in [0.4, 0.5) is 5.69 Å². The normalized spacial score (nSPS) is 16.8. The molecule has 0 bridgehead atoms. The van der Waals surface area contributed by atoms with Gasteiger partial charge >= 0.3 is 0 Å². The van der Waals surface area contributed by atoms with E-state index >= 15 is 0 Å². The molecule has 5 nitrogen and oxygen atoms in total. The number of halogens is 1. The van der Waals surface area contributed by atoms with Crippen molar-refractivity contribution in [2.45, 2.75) is 6.23 Å². The van der Waals surface area contributed by atoms with Crippen molar-refractivity contribution in [1.29, 1.82) is 0 Å². The van der Waals surface area contributed by atoms with Gasteiger partial charge in [-0.05, 0) is 54.6 Å². The van der Waals surface area contributed by atoms with Crippen LogP contribution in [0.5, 0.6) is 17.2 Å². The Kier molecular flexibility index (Phi) is 3.69. The average molecular weight is 380 g/mol. The molecular weight excluding hydrogens is 366 g/mol. The molecule has 2 aliphatic heterocycles. The monoisotopic (exact) mass is 379 g/mol. The molecule has 3 aromatic rings. The second-order valence-corrected chi connectivity index (χ2v) is 6.67. The highest BCUT2D eigenvalue weighted by atomic mass is 35.5. The first kappa shape index (κ1) is 16.0. The highest BCUT2D eigenvalue weighted by molar-refractivity contribution is 6.30. The third kappa shape index (κ3) is 2.67. The summed E-state index contributed by atoms with van der Waals surface area (Å²) in [5.41, 5.74) is 2.06. The number of para-hydroxylation sites is 2. The van der Waals surface area contributed by atoms with Crippen molar-refractivity contribution in [3.05, 3.63) is 82.9 Å². The summed E-state index contributed by atoms with van der Waals surface area (Å²) in [6.45, 7) is 0.192. The van der Waals surface area contributed by atoms with Gasteiger partial charge in [0.1, 0.15) is 5.75 Å². The van der Waals surface area contributed by atoms with Crippen molar-refractivity contribution in [3.63, 3.8) is 0 Å². The summed E-state index contributed by atoms with van der Waals surface area (Å²) in [5.74, 6) is 1.82. The van der Waals surface area contributed by atoms with Crippen LogP contribution in [0.25, 0.3) is 0 Å². The first-order valence-electron chi connectivity index (χ1n) is 8.45. The molecule has 1 atom stereocenters. The maximum absolute atomic E-state index is 13.3. The summed E-state index contributed by atoms with van der Waals surface area (Å²) in [5, 5.41) is 0.581. The Balaban J connectivity index is 1.58. The number of rotatable bonds is 2. The van der Waals surface area contributed by atoms with E-state index in [1.165, 1.54) is 0 Å². The Hall–Kier alpha value is -3.18. The minimum atomic E-state index is -0.597. The number of ether oxygens (including phenoxy) is 3. The molecule has 134 valence electrons. The van der Waals surface area contributed by atoms with Crippen LogP contribution in [0, 0.1) is 0 Å². The maximum Gasteiger partial charge on any atom is 0.261 e. The number of hydrogen-bond acceptors (Lipinski definition) is 4. The summed E-state index contributed by atoms with van der Waals surface area (Å²) in [6.07, 6.45) is -0.597. The molecule has 6 heteroatoms. The number of carbonyl (C=O) groups is 1. The summed E-state index contributed by atoms with van der Waals surface area (Å²) < 4.78 is 17.0. The van der Waals surface area contributed by atoms with Crippen molar-refractivity contribution in [2.24, 2.45) is 0 Å². The quantitative estimate of drug-likeness (QED) is 0.641. The number of fused-ring (bicyclic) bond motifs is 2. The van der Waals surface area contributed by atoms with E-state index in [1.54, 1.807) is 29.2 Å². The molecule has 3 aromatic carbocycles. The van der Waals surface area contributed by atoms with Crippen LogP contribution in [0.15, 0.2) is 66.7 Å². The Labute approximate surface area is 160 Å². The molecule has 1 amide bonds. The largest absolute Gasteiger partial charge is 0.464 e. The van der Waals surface area contributed by atoms with Crippen LogP contribution in [0.3, 0.4) is 0 Å². The Morgan fingerprint density at radius 2 is 1.70 bits per heavy atom. The van der Waals surface area contributed by atoms with Gasteiger partial charge in [0.2, 0.25) is 13.0 Å². The van der Waals surface area contributed by atoms with Crippen LogP contribution in [0.1, 0.15) is 22.1 Å². The lowest BCUT2D eigenvalue weighted by Crippen LogP contribution is -2.33. The Morgan fingerprint density at radius 3 is 2.56 bits per heavy atom. The van der Waals surface area contributed by atoms with Crippen LogP contribution < -0.4 is 19.1 Å². The van der Waals surface area contributed by atoms with Gasteiger partial charge < -0.3 is 14.2 Å². The lowest BCUT2D eigenvalue weighted by molar-refractivity contribution is 0.0938. The van der Waals surface area contributed by atoms with E-state index in [-0.39, 0.29) is 12.7 Å². The summed E-state index contributed by atoms with van der Waals surface area (Å²) in [4.78, 5) is 14.9. The van der Waals surface area contributed by atoms with Crippen molar-refractivity contribution < 1.29 is 19.0 Å². The molecule has 0 aliphatic carbocycles. The van der Waals surface area contributed by atoms with E-state index in [2.05, 4.69) is 0 Å². The van der Waals surface area contributed by atoms with Gasteiger partial charge in [0, 0.05) is 16.1 Å². The van der Waals surface area contributed by atoms with Gasteiger partial charge in [-0.15, -0.1) is 0 Å². The fourth-order valence-corrected chi connectivity index (χ4v) is 3.41. The van der Waals surface area contributed by atoms with Crippen molar-refractivity contribution in [3.8, 4) is 17.2 Å². The molecule has 2 aliphatic rings. The summed E-state index contributed by atoms with van der Waals surface area (Å²) >= 11 is 5.96. The molecule has 0 aromatic heterocycles. The minimum absolute atomic E-state index is 0.167. The van der Waals surface area contributed by atoms with Gasteiger partial charge in [-0.3, -0.25) is 9.69 Å². The molecule has 0 spiro atoms. The van der Waals surface area contributed by atoms with Crippen molar-refractivity contribution in [1.82, 2.24) is 0 Å². The minimum Gasteiger partial charge on any atom is -0.464 e. The predicted molar refractivity (Wildman–Crippen MR) is 101 cm³/mol. The number of nitrogens with zero attached hydrogens (tertiary/aromatic N) is 1. The molecule has 0 fully saturated rings. The van der Waals surface area contributed by atoms with Gasteiger partial charge in [-0.25, -0.2) is 0 Å². The second kappa shape index (κ2) is 6.21. The smallest absolute Gasteiger partial charge is 0.261 e. The van der Waals surface area contributed by atoms with E-state index in [0.29, 0.717) is 27.8 Å². The molecule has 0 saturated heterocycles. The maximum atomic E-state index is 13.3. The van der Waals surface area contributed by atoms with E-state index in [9.17, 15) is 4.79 Å². The second-order valence-electron chi connectivity index (χ2n) is 6.23. The number of anilines is 1. The van der Waals surface area contributed by atoms with Gasteiger partial charge in [0.25, 0.3) is 5.91 Å². The standard InChI is InChI=1S/C21H14ClNO4/c22-15-8-5-13(6-9-15)20(24)23-16-3-1-2-4-17(16)27-21(23)14-7-10-18-19(11-14)26-12-25-18/h1-11,21H,12H2. The lowest BCUT2D eigenvalue weighted by atomic mass is 10.1. The molecule has 0 N–H and O–H groups in total. The van der Waals surface area contributed by atoms with Crippen molar-refractivity contribution >= 4 is 23.2 Å². The summed E-state index contributed by atoms with van der Waals surface area (Å²) in [7, 11) is 0. The third-order valence-corrected chi connectivity index (χ3v) is 4.84. The average Bonchev–Trinajstić information content (AvgIpc) is 3.31. The molecule has 0 saturated carbocycles. The molecule has 2 heterocycles. The fraction of sp³-hybridized carbons (Fsp3) is 0.0952. The zero-order chi connectivity index (χ0) is 18.4. The van der Waals surface area contributed by atoms with E-state index in [1.807, 2.05) is 42.5 Å². The van der Waals surface area contributed by atoms with Gasteiger partial charge in [-0.1, -0.05) is 23.7 Å². The SMILES string of the molecule is O=C(c1ccc(Cl)cc1)N1c2ccccc2OC1c1ccc2c(c1)OCO2. The van der Waals surface area contributed by atoms with E-state index in [4.69, 9.17) is 25.8 Å². The van der Waals surface area contributed by atoms with Gasteiger partial charge in [0.05, 0.1) is 5.69 Å². The van der Waals surface area contributed by atoms with E-state index in [0.717, 1.165) is 11.3 Å². The molecular formula is C21H14ClNO4.